The molecule has 0 aromatic rings. The summed E-state index contributed by atoms with van der Waals surface area (Å²) >= 11 is 0. The number of rotatable bonds is 3. The molecule has 5 nitrogen and oxygen atoms in total. The number of imide groups is 1. The Morgan fingerprint density at radius 2 is 1.50 bits per heavy atom. The summed E-state index contributed by atoms with van der Waals surface area (Å²) in [5.74, 6) is 1.08. The Balaban J connectivity index is 1.44. The van der Waals surface area contributed by atoms with Gasteiger partial charge in [0.25, 0.3) is 11.8 Å². The number of carbonyl (C=O) groups is 3. The molecule has 0 aromatic carbocycles. The lowest BCUT2D eigenvalue weighted by Gasteiger charge is -2.40. The summed E-state index contributed by atoms with van der Waals surface area (Å²) in [6.07, 6.45) is 8.52. The van der Waals surface area contributed by atoms with E-state index in [1.54, 1.807) is 0 Å². The lowest BCUT2D eigenvalue weighted by atomic mass is 9.75. The molecule has 1 saturated heterocycles. The molecule has 3 rings (SSSR count). The zero-order valence-electron chi connectivity index (χ0n) is 16.4. The average Bonchev–Trinajstić information content (AvgIpc) is 2.93. The molecule has 0 aromatic heterocycles. The third kappa shape index (κ3) is 4.18. The summed E-state index contributed by atoms with van der Waals surface area (Å²) in [6.45, 7) is 9.17. The van der Waals surface area contributed by atoms with E-state index in [2.05, 4.69) is 25.7 Å². The summed E-state index contributed by atoms with van der Waals surface area (Å²) < 4.78 is 0. The van der Waals surface area contributed by atoms with Crippen LogP contribution in [0.4, 0.5) is 0 Å². The molecule has 3 amide bonds. The van der Waals surface area contributed by atoms with Crippen molar-refractivity contribution in [1.29, 1.82) is 0 Å². The lowest BCUT2D eigenvalue weighted by molar-refractivity contribution is -0.141. The highest BCUT2D eigenvalue weighted by Gasteiger charge is 2.35. The van der Waals surface area contributed by atoms with Gasteiger partial charge in [-0.05, 0) is 55.8 Å². The van der Waals surface area contributed by atoms with Gasteiger partial charge in [-0.25, -0.2) is 0 Å². The maximum absolute atomic E-state index is 12.9. The van der Waals surface area contributed by atoms with E-state index >= 15 is 0 Å². The van der Waals surface area contributed by atoms with Crippen LogP contribution in [0.15, 0.2) is 12.2 Å². The second kappa shape index (κ2) is 7.53. The predicted octanol–water partition coefficient (Wildman–Crippen LogP) is 3.00. The van der Waals surface area contributed by atoms with Crippen molar-refractivity contribution in [2.24, 2.45) is 23.2 Å². The quantitative estimate of drug-likeness (QED) is 0.727. The lowest BCUT2D eigenvalue weighted by Crippen LogP contribution is -2.45. The number of nitrogens with zero attached hydrogens (tertiary/aromatic N) is 2. The molecule has 0 N–H and O–H groups in total. The highest BCUT2D eigenvalue weighted by Crippen LogP contribution is 2.36. The third-order valence-corrected chi connectivity index (χ3v) is 6.57. The maximum atomic E-state index is 12.9. The largest absolute Gasteiger partial charge is 0.342 e. The molecule has 0 unspecified atom stereocenters. The number of likely N-dealkylation sites (tertiary alicyclic amines) is 1. The maximum Gasteiger partial charge on any atom is 0.253 e. The number of amides is 3. The molecule has 1 aliphatic carbocycles. The summed E-state index contributed by atoms with van der Waals surface area (Å²) in [7, 11) is 0. The van der Waals surface area contributed by atoms with Crippen molar-refractivity contribution >= 4 is 17.7 Å². The molecular weight excluding hydrogens is 328 g/mol. The molecule has 144 valence electrons. The first-order valence-electron chi connectivity index (χ1n) is 10.1. The van der Waals surface area contributed by atoms with E-state index in [0.717, 1.165) is 51.6 Å². The summed E-state index contributed by atoms with van der Waals surface area (Å²) in [5, 5.41) is 0. The summed E-state index contributed by atoms with van der Waals surface area (Å²) in [6, 6.07) is 0. The summed E-state index contributed by atoms with van der Waals surface area (Å²) in [5.41, 5.74) is 0.326. The van der Waals surface area contributed by atoms with Crippen molar-refractivity contribution in [3.8, 4) is 0 Å². The second-order valence-electron chi connectivity index (χ2n) is 9.30. The van der Waals surface area contributed by atoms with Crippen LogP contribution in [0.5, 0.6) is 0 Å². The predicted molar refractivity (Wildman–Crippen MR) is 100 cm³/mol. The number of hydrogen-bond donors (Lipinski definition) is 0. The molecule has 2 heterocycles. The fourth-order valence-electron chi connectivity index (χ4n) is 4.69. The molecular formula is C21H32N2O3. The van der Waals surface area contributed by atoms with Gasteiger partial charge in [0.15, 0.2) is 0 Å². The van der Waals surface area contributed by atoms with Crippen molar-refractivity contribution < 1.29 is 14.4 Å². The van der Waals surface area contributed by atoms with Crippen LogP contribution in [0.2, 0.25) is 0 Å². The van der Waals surface area contributed by atoms with E-state index in [-0.39, 0.29) is 17.7 Å². The molecule has 0 bridgehead atoms. The highest BCUT2D eigenvalue weighted by atomic mass is 16.2. The highest BCUT2D eigenvalue weighted by molar-refractivity contribution is 6.12. The number of hydrogen-bond acceptors (Lipinski definition) is 3. The van der Waals surface area contributed by atoms with Gasteiger partial charge >= 0.3 is 0 Å². The normalized spacial score (nSPS) is 28.1. The number of carbonyl (C=O) groups excluding carboxylic acids is 3. The van der Waals surface area contributed by atoms with Crippen LogP contribution in [0.3, 0.4) is 0 Å². The molecule has 26 heavy (non-hydrogen) atoms. The Hall–Kier alpha value is -1.65. The van der Waals surface area contributed by atoms with Crippen molar-refractivity contribution in [2.75, 3.05) is 19.6 Å². The van der Waals surface area contributed by atoms with Crippen LogP contribution < -0.4 is 0 Å². The van der Waals surface area contributed by atoms with Gasteiger partial charge in [0, 0.05) is 37.7 Å². The smallest absolute Gasteiger partial charge is 0.253 e. The third-order valence-electron chi connectivity index (χ3n) is 6.57. The van der Waals surface area contributed by atoms with Crippen LogP contribution in [-0.4, -0.2) is 47.2 Å². The van der Waals surface area contributed by atoms with E-state index in [9.17, 15) is 14.4 Å². The van der Waals surface area contributed by atoms with E-state index in [1.807, 2.05) is 0 Å². The van der Waals surface area contributed by atoms with Gasteiger partial charge < -0.3 is 4.90 Å². The van der Waals surface area contributed by atoms with Crippen molar-refractivity contribution in [3.63, 3.8) is 0 Å². The van der Waals surface area contributed by atoms with Crippen LogP contribution in [0.25, 0.3) is 0 Å². The number of piperidine rings is 1. The Kier molecular flexibility index (Phi) is 5.54. The van der Waals surface area contributed by atoms with E-state index in [1.165, 1.54) is 17.1 Å². The van der Waals surface area contributed by atoms with Gasteiger partial charge in [-0.3, -0.25) is 19.3 Å². The zero-order valence-corrected chi connectivity index (χ0v) is 16.4. The van der Waals surface area contributed by atoms with Crippen LogP contribution in [-0.2, 0) is 14.4 Å². The van der Waals surface area contributed by atoms with Crippen LogP contribution in [0.1, 0.15) is 59.3 Å². The minimum atomic E-state index is -0.199. The molecule has 1 saturated carbocycles. The van der Waals surface area contributed by atoms with Crippen molar-refractivity contribution in [2.45, 2.75) is 59.3 Å². The topological polar surface area (TPSA) is 57.7 Å². The molecule has 2 aliphatic heterocycles. The van der Waals surface area contributed by atoms with E-state index in [4.69, 9.17) is 0 Å². The van der Waals surface area contributed by atoms with E-state index < -0.39 is 0 Å². The molecule has 0 atom stereocenters. The van der Waals surface area contributed by atoms with Gasteiger partial charge in [0.05, 0.1) is 0 Å². The Morgan fingerprint density at radius 3 is 2.00 bits per heavy atom. The molecule has 2 fully saturated rings. The average molecular weight is 360 g/mol. The van der Waals surface area contributed by atoms with Gasteiger partial charge in [0.2, 0.25) is 5.91 Å². The van der Waals surface area contributed by atoms with Gasteiger partial charge in [-0.1, -0.05) is 20.8 Å². The molecule has 3 aliphatic rings. The minimum absolute atomic E-state index is 0.126. The first kappa shape index (κ1) is 19.1. The van der Waals surface area contributed by atoms with Crippen LogP contribution in [0, 0.1) is 23.2 Å². The molecule has 5 heteroatoms. The SMILES string of the molecule is CC(C)(C)C1CCN(C(=O)C2CCC(CN3C(=O)C=CC3=O)CC2)CC1. The zero-order chi connectivity index (χ0) is 18.9. The molecule has 0 radical (unpaired) electrons. The Labute approximate surface area is 156 Å². The fourth-order valence-corrected chi connectivity index (χ4v) is 4.69. The van der Waals surface area contributed by atoms with Gasteiger partial charge in [0.1, 0.15) is 0 Å². The fraction of sp³-hybridized carbons (Fsp3) is 0.762. The van der Waals surface area contributed by atoms with Gasteiger partial charge in [-0.15, -0.1) is 0 Å². The van der Waals surface area contributed by atoms with E-state index in [0.29, 0.717) is 29.7 Å². The van der Waals surface area contributed by atoms with Crippen molar-refractivity contribution in [1.82, 2.24) is 9.80 Å². The first-order valence-corrected chi connectivity index (χ1v) is 10.1. The monoisotopic (exact) mass is 360 g/mol. The summed E-state index contributed by atoms with van der Waals surface area (Å²) in [4.78, 5) is 39.7. The second-order valence-corrected chi connectivity index (χ2v) is 9.30. The molecule has 0 spiro atoms. The van der Waals surface area contributed by atoms with Crippen LogP contribution >= 0.6 is 0 Å². The van der Waals surface area contributed by atoms with Crippen molar-refractivity contribution in [3.05, 3.63) is 12.2 Å². The standard InChI is InChI=1S/C21H32N2O3/c1-21(2,3)17-10-12-22(13-11-17)20(26)16-6-4-15(5-7-16)14-23-18(24)8-9-19(23)25/h8-9,15-17H,4-7,10-14H2,1-3H3. The Morgan fingerprint density at radius 1 is 0.962 bits per heavy atom. The first-order chi connectivity index (χ1) is 12.3. The minimum Gasteiger partial charge on any atom is -0.342 e. The van der Waals surface area contributed by atoms with Gasteiger partial charge in [-0.2, -0.15) is 0 Å². The Bertz CT molecular complexity index is 571.